The SMILES string of the molecule is COC(=O)[C@@H]1C=CCN1C(=O)[C@@H]1C[C@H]2CC[C@@]1(C)C[C@]21NC(=O)c2ccccc2O1. The highest BCUT2D eigenvalue weighted by Gasteiger charge is 2.62. The molecule has 5 aliphatic rings. The Morgan fingerprint density at radius 2 is 2.10 bits per heavy atom. The minimum absolute atomic E-state index is 0.0139. The number of nitrogens with one attached hydrogen (secondary N) is 1. The van der Waals surface area contributed by atoms with Gasteiger partial charge in [-0.2, -0.15) is 0 Å². The Labute approximate surface area is 175 Å². The van der Waals surface area contributed by atoms with E-state index in [4.69, 9.17) is 9.47 Å². The van der Waals surface area contributed by atoms with Crippen molar-refractivity contribution < 1.29 is 23.9 Å². The van der Waals surface area contributed by atoms with E-state index in [0.717, 1.165) is 12.8 Å². The van der Waals surface area contributed by atoms with E-state index < -0.39 is 17.7 Å². The average Bonchev–Trinajstić information content (AvgIpc) is 3.22. The molecule has 2 amide bonds. The van der Waals surface area contributed by atoms with Gasteiger partial charge in [0.05, 0.1) is 12.7 Å². The fraction of sp³-hybridized carbons (Fsp3) is 0.522. The van der Waals surface area contributed by atoms with Crippen molar-refractivity contribution in [1.82, 2.24) is 10.2 Å². The zero-order valence-corrected chi connectivity index (χ0v) is 17.2. The van der Waals surface area contributed by atoms with E-state index in [1.54, 1.807) is 17.0 Å². The molecule has 3 aliphatic carbocycles. The van der Waals surface area contributed by atoms with Gasteiger partial charge in [-0.3, -0.25) is 9.59 Å². The summed E-state index contributed by atoms with van der Waals surface area (Å²) < 4.78 is 11.3. The number of methoxy groups -OCH3 is 1. The van der Waals surface area contributed by atoms with Gasteiger partial charge in [0, 0.05) is 24.8 Å². The molecule has 2 bridgehead atoms. The molecule has 2 aliphatic heterocycles. The lowest BCUT2D eigenvalue weighted by Crippen LogP contribution is -2.69. The highest BCUT2D eigenvalue weighted by atomic mass is 16.5. The molecule has 7 nitrogen and oxygen atoms in total. The van der Waals surface area contributed by atoms with Crippen molar-refractivity contribution in [2.75, 3.05) is 13.7 Å². The van der Waals surface area contributed by atoms with E-state index in [0.29, 0.717) is 30.7 Å². The summed E-state index contributed by atoms with van der Waals surface area (Å²) in [5, 5.41) is 3.14. The van der Waals surface area contributed by atoms with Crippen LogP contribution in [0, 0.1) is 17.3 Å². The van der Waals surface area contributed by atoms with Crippen molar-refractivity contribution in [2.24, 2.45) is 17.3 Å². The fourth-order valence-corrected chi connectivity index (χ4v) is 5.91. The number of rotatable bonds is 2. The van der Waals surface area contributed by atoms with Crippen LogP contribution in [-0.4, -0.2) is 48.1 Å². The van der Waals surface area contributed by atoms with Gasteiger partial charge in [0.25, 0.3) is 5.91 Å². The minimum atomic E-state index is -0.778. The van der Waals surface area contributed by atoms with Gasteiger partial charge in [0.1, 0.15) is 11.8 Å². The topological polar surface area (TPSA) is 84.9 Å². The van der Waals surface area contributed by atoms with Gasteiger partial charge >= 0.3 is 5.97 Å². The number of benzene rings is 1. The first-order chi connectivity index (χ1) is 14.4. The Balaban J connectivity index is 1.41. The maximum Gasteiger partial charge on any atom is 0.332 e. The van der Waals surface area contributed by atoms with Crippen LogP contribution in [0.3, 0.4) is 0 Å². The standard InChI is InChI=1S/C23H26N2O5/c1-22-10-9-14(12-16(22)20(27)25-11-5-7-17(25)21(28)29-2)23(13-22)24-19(26)15-6-3-4-8-18(15)30-23/h3-8,14,16-17H,9-13H2,1-2H3,(H,24,26)/t14-,16+,17+,22+,23-/m1/s1. The monoisotopic (exact) mass is 410 g/mol. The molecule has 1 aromatic carbocycles. The van der Waals surface area contributed by atoms with E-state index in [1.165, 1.54) is 7.11 Å². The molecule has 2 heterocycles. The van der Waals surface area contributed by atoms with Crippen LogP contribution in [0.1, 0.15) is 43.0 Å². The summed E-state index contributed by atoms with van der Waals surface area (Å²) in [5.74, 6) is -0.122. The number of esters is 1. The van der Waals surface area contributed by atoms with Crippen LogP contribution in [-0.2, 0) is 14.3 Å². The zero-order chi connectivity index (χ0) is 21.1. The van der Waals surface area contributed by atoms with Crippen LogP contribution in [0.2, 0.25) is 0 Å². The van der Waals surface area contributed by atoms with Crippen molar-refractivity contribution in [2.45, 2.75) is 44.4 Å². The maximum absolute atomic E-state index is 13.5. The lowest BCUT2D eigenvalue weighted by molar-refractivity contribution is -0.176. The Bertz CT molecular complexity index is 959. The molecular formula is C23H26N2O5. The van der Waals surface area contributed by atoms with E-state index >= 15 is 0 Å². The van der Waals surface area contributed by atoms with Crippen molar-refractivity contribution in [1.29, 1.82) is 0 Å². The fourth-order valence-electron chi connectivity index (χ4n) is 5.91. The molecular weight excluding hydrogens is 384 g/mol. The van der Waals surface area contributed by atoms with Crippen LogP contribution in [0.15, 0.2) is 36.4 Å². The van der Waals surface area contributed by atoms with Crippen LogP contribution in [0.5, 0.6) is 5.75 Å². The Morgan fingerprint density at radius 1 is 1.30 bits per heavy atom. The summed E-state index contributed by atoms with van der Waals surface area (Å²) in [4.78, 5) is 40.0. The number of carbonyl (C=O) groups excluding carboxylic acids is 3. The molecule has 0 saturated heterocycles. The van der Waals surface area contributed by atoms with E-state index in [9.17, 15) is 14.4 Å². The summed E-state index contributed by atoms with van der Waals surface area (Å²) in [6, 6.07) is 6.64. The highest BCUT2D eigenvalue weighted by Crippen LogP contribution is 2.59. The van der Waals surface area contributed by atoms with Gasteiger partial charge < -0.3 is 19.7 Å². The number of para-hydroxylation sites is 1. The highest BCUT2D eigenvalue weighted by molar-refractivity contribution is 5.98. The van der Waals surface area contributed by atoms with E-state index in [2.05, 4.69) is 12.2 Å². The predicted octanol–water partition coefficient (Wildman–Crippen LogP) is 2.27. The molecule has 30 heavy (non-hydrogen) atoms. The lowest BCUT2D eigenvalue weighted by Gasteiger charge is -2.60. The third kappa shape index (κ3) is 2.67. The quantitative estimate of drug-likeness (QED) is 0.597. The summed E-state index contributed by atoms with van der Waals surface area (Å²) in [7, 11) is 1.34. The maximum atomic E-state index is 13.5. The number of amides is 2. The third-order valence-corrected chi connectivity index (χ3v) is 7.48. The van der Waals surface area contributed by atoms with Crippen LogP contribution >= 0.6 is 0 Å². The molecule has 1 N–H and O–H groups in total. The van der Waals surface area contributed by atoms with Gasteiger partial charge in [-0.1, -0.05) is 31.2 Å². The molecule has 3 saturated carbocycles. The molecule has 0 unspecified atom stereocenters. The van der Waals surface area contributed by atoms with Crippen LogP contribution < -0.4 is 10.1 Å². The van der Waals surface area contributed by atoms with Gasteiger partial charge in [0.2, 0.25) is 5.91 Å². The van der Waals surface area contributed by atoms with Gasteiger partial charge in [-0.05, 0) is 36.8 Å². The summed E-state index contributed by atoms with van der Waals surface area (Å²) in [5.41, 5.74) is -0.555. The van der Waals surface area contributed by atoms with E-state index in [-0.39, 0.29) is 29.1 Å². The Kier molecular flexibility index (Phi) is 4.21. The molecule has 6 rings (SSSR count). The van der Waals surface area contributed by atoms with Crippen molar-refractivity contribution in [3.8, 4) is 5.75 Å². The minimum Gasteiger partial charge on any atom is -0.467 e. The second-order valence-corrected chi connectivity index (χ2v) is 9.18. The molecule has 3 fully saturated rings. The number of nitrogens with zero attached hydrogens (tertiary/aromatic N) is 1. The number of hydrogen-bond donors (Lipinski definition) is 1. The molecule has 0 radical (unpaired) electrons. The first-order valence-corrected chi connectivity index (χ1v) is 10.5. The number of carbonyl (C=O) groups is 3. The van der Waals surface area contributed by atoms with Crippen LogP contribution in [0.4, 0.5) is 0 Å². The largest absolute Gasteiger partial charge is 0.467 e. The third-order valence-electron chi connectivity index (χ3n) is 7.48. The number of fused-ring (bicyclic) bond motifs is 3. The number of ether oxygens (including phenoxy) is 2. The summed E-state index contributed by atoms with van der Waals surface area (Å²) >= 11 is 0. The van der Waals surface area contributed by atoms with Crippen molar-refractivity contribution >= 4 is 17.8 Å². The molecule has 5 atom stereocenters. The molecule has 7 heteroatoms. The zero-order valence-electron chi connectivity index (χ0n) is 17.2. The smallest absolute Gasteiger partial charge is 0.332 e. The van der Waals surface area contributed by atoms with Crippen molar-refractivity contribution in [3.63, 3.8) is 0 Å². The molecule has 0 aromatic heterocycles. The normalized spacial score (nSPS) is 36.3. The summed E-state index contributed by atoms with van der Waals surface area (Å²) in [6.45, 7) is 2.53. The second-order valence-electron chi connectivity index (χ2n) is 9.18. The van der Waals surface area contributed by atoms with Gasteiger partial charge in [-0.25, -0.2) is 4.79 Å². The Hall–Kier alpha value is -2.83. The first kappa shape index (κ1) is 19.2. The average molecular weight is 410 g/mol. The predicted molar refractivity (Wildman–Crippen MR) is 107 cm³/mol. The Morgan fingerprint density at radius 3 is 2.87 bits per heavy atom. The second kappa shape index (κ2) is 6.59. The molecule has 158 valence electrons. The van der Waals surface area contributed by atoms with E-state index in [1.807, 2.05) is 24.3 Å². The molecule has 1 aromatic rings. The lowest BCUT2D eigenvalue weighted by atomic mass is 9.52. The van der Waals surface area contributed by atoms with Crippen LogP contribution in [0.25, 0.3) is 0 Å². The molecule has 1 spiro atoms. The number of hydrogen-bond acceptors (Lipinski definition) is 5. The van der Waals surface area contributed by atoms with Gasteiger partial charge in [0.15, 0.2) is 5.72 Å². The first-order valence-electron chi connectivity index (χ1n) is 10.5. The summed E-state index contributed by atoms with van der Waals surface area (Å²) in [6.07, 6.45) is 6.55. The van der Waals surface area contributed by atoms with Gasteiger partial charge in [-0.15, -0.1) is 0 Å². The van der Waals surface area contributed by atoms with Crippen molar-refractivity contribution in [3.05, 3.63) is 42.0 Å².